The lowest BCUT2D eigenvalue weighted by Gasteiger charge is -2.16. The fraction of sp³-hybridized carbons (Fsp3) is 0.167. The van der Waals surface area contributed by atoms with Crippen LogP contribution < -0.4 is 24.8 Å². The molecule has 0 aromatic heterocycles. The first-order chi connectivity index (χ1) is 15.1. The van der Waals surface area contributed by atoms with Gasteiger partial charge in [0, 0.05) is 17.4 Å². The number of nitrogens with one attached hydrogen (secondary N) is 2. The van der Waals surface area contributed by atoms with Gasteiger partial charge in [0.15, 0.2) is 11.5 Å². The SMILES string of the molecule is CC(Nc1cccc(COc2ccc3c(c2)OCO3)c1)C(=O)Nc1cccc(C#N)c1. The molecule has 7 nitrogen and oxygen atoms in total. The molecular formula is C24H21N3O4. The van der Waals surface area contributed by atoms with Gasteiger partial charge in [-0.3, -0.25) is 4.79 Å². The first kappa shape index (κ1) is 20.1. The van der Waals surface area contributed by atoms with Gasteiger partial charge in [0.25, 0.3) is 0 Å². The highest BCUT2D eigenvalue weighted by Gasteiger charge is 2.15. The Morgan fingerprint density at radius 2 is 1.87 bits per heavy atom. The minimum Gasteiger partial charge on any atom is -0.489 e. The minimum absolute atomic E-state index is 0.197. The zero-order valence-corrected chi connectivity index (χ0v) is 16.9. The number of carbonyl (C=O) groups is 1. The topological polar surface area (TPSA) is 92.6 Å². The third-order valence-corrected chi connectivity index (χ3v) is 4.71. The molecule has 3 aromatic rings. The Morgan fingerprint density at radius 1 is 1.06 bits per heavy atom. The smallest absolute Gasteiger partial charge is 0.246 e. The van der Waals surface area contributed by atoms with Gasteiger partial charge in [-0.1, -0.05) is 18.2 Å². The van der Waals surface area contributed by atoms with Crippen molar-refractivity contribution in [3.05, 3.63) is 77.9 Å². The summed E-state index contributed by atoms with van der Waals surface area (Å²) >= 11 is 0. The first-order valence-electron chi connectivity index (χ1n) is 9.80. The van der Waals surface area contributed by atoms with Crippen LogP contribution in [-0.4, -0.2) is 18.7 Å². The van der Waals surface area contributed by atoms with E-state index in [9.17, 15) is 4.79 Å². The van der Waals surface area contributed by atoms with Gasteiger partial charge in [0.05, 0.1) is 11.6 Å². The average Bonchev–Trinajstić information content (AvgIpc) is 3.26. The summed E-state index contributed by atoms with van der Waals surface area (Å²) in [4.78, 5) is 12.5. The molecule has 1 atom stereocenters. The summed E-state index contributed by atoms with van der Waals surface area (Å²) in [7, 11) is 0. The Morgan fingerprint density at radius 3 is 2.74 bits per heavy atom. The molecule has 3 aromatic carbocycles. The highest BCUT2D eigenvalue weighted by atomic mass is 16.7. The molecule has 31 heavy (non-hydrogen) atoms. The zero-order chi connectivity index (χ0) is 21.6. The summed E-state index contributed by atoms with van der Waals surface area (Å²) in [5.41, 5.74) is 2.84. The number of benzene rings is 3. The predicted molar refractivity (Wildman–Crippen MR) is 116 cm³/mol. The summed E-state index contributed by atoms with van der Waals surface area (Å²) in [6.07, 6.45) is 0. The van der Waals surface area contributed by atoms with E-state index in [1.807, 2.05) is 36.4 Å². The van der Waals surface area contributed by atoms with Crippen LogP contribution in [0.25, 0.3) is 0 Å². The molecule has 1 unspecified atom stereocenters. The molecule has 0 saturated heterocycles. The summed E-state index contributed by atoms with van der Waals surface area (Å²) < 4.78 is 16.5. The third-order valence-electron chi connectivity index (χ3n) is 4.71. The Hall–Kier alpha value is -4.18. The van der Waals surface area contributed by atoms with Crippen molar-refractivity contribution < 1.29 is 19.0 Å². The normalized spacial score (nSPS) is 12.5. The van der Waals surface area contributed by atoms with Crippen LogP contribution in [0.3, 0.4) is 0 Å². The van der Waals surface area contributed by atoms with Gasteiger partial charge in [-0.05, 0) is 55.0 Å². The van der Waals surface area contributed by atoms with Crippen LogP contribution in [0.2, 0.25) is 0 Å². The molecule has 0 fully saturated rings. The lowest BCUT2D eigenvalue weighted by Crippen LogP contribution is -2.31. The van der Waals surface area contributed by atoms with Crippen LogP contribution in [-0.2, 0) is 11.4 Å². The molecule has 1 aliphatic rings. The predicted octanol–water partition coefficient (Wildman–Crippen LogP) is 4.31. The number of amides is 1. The Balaban J connectivity index is 1.34. The van der Waals surface area contributed by atoms with E-state index in [0.717, 1.165) is 11.3 Å². The Bertz CT molecular complexity index is 1140. The van der Waals surface area contributed by atoms with Gasteiger partial charge >= 0.3 is 0 Å². The molecule has 1 heterocycles. The number of nitriles is 1. The molecule has 4 rings (SSSR count). The lowest BCUT2D eigenvalue weighted by molar-refractivity contribution is -0.116. The fourth-order valence-electron chi connectivity index (χ4n) is 3.12. The number of hydrogen-bond donors (Lipinski definition) is 2. The second kappa shape index (κ2) is 9.09. The maximum absolute atomic E-state index is 12.5. The molecule has 1 amide bonds. The molecule has 0 radical (unpaired) electrons. The average molecular weight is 415 g/mol. The highest BCUT2D eigenvalue weighted by Crippen LogP contribution is 2.35. The molecule has 156 valence electrons. The highest BCUT2D eigenvalue weighted by molar-refractivity contribution is 5.96. The number of carbonyl (C=O) groups excluding carboxylic acids is 1. The van der Waals surface area contributed by atoms with Crippen LogP contribution in [0.5, 0.6) is 17.2 Å². The number of ether oxygens (including phenoxy) is 3. The molecule has 1 aliphatic heterocycles. The number of rotatable bonds is 7. The number of hydrogen-bond acceptors (Lipinski definition) is 6. The van der Waals surface area contributed by atoms with Crippen molar-refractivity contribution in [3.63, 3.8) is 0 Å². The quantitative estimate of drug-likeness (QED) is 0.598. The van der Waals surface area contributed by atoms with Crippen LogP contribution >= 0.6 is 0 Å². The van der Waals surface area contributed by atoms with Crippen molar-refractivity contribution in [1.29, 1.82) is 5.26 Å². The number of anilines is 2. The monoisotopic (exact) mass is 415 g/mol. The van der Waals surface area contributed by atoms with Gasteiger partial charge in [-0.25, -0.2) is 0 Å². The van der Waals surface area contributed by atoms with Crippen LogP contribution in [0.15, 0.2) is 66.7 Å². The van der Waals surface area contributed by atoms with Crippen LogP contribution in [0.4, 0.5) is 11.4 Å². The largest absolute Gasteiger partial charge is 0.489 e. The van der Waals surface area contributed by atoms with E-state index >= 15 is 0 Å². The van der Waals surface area contributed by atoms with Crippen LogP contribution in [0, 0.1) is 11.3 Å². The summed E-state index contributed by atoms with van der Waals surface area (Å²) in [5.74, 6) is 1.88. The second-order valence-electron chi connectivity index (χ2n) is 7.05. The van der Waals surface area contributed by atoms with Gasteiger partial charge in [0.1, 0.15) is 18.4 Å². The molecule has 0 aliphatic carbocycles. The summed E-state index contributed by atoms with van der Waals surface area (Å²) in [6, 6.07) is 21.5. The van der Waals surface area contributed by atoms with E-state index < -0.39 is 6.04 Å². The van der Waals surface area contributed by atoms with Gasteiger partial charge in [-0.15, -0.1) is 0 Å². The van der Waals surface area contributed by atoms with Crippen molar-refractivity contribution in [2.75, 3.05) is 17.4 Å². The summed E-state index contributed by atoms with van der Waals surface area (Å²) in [5, 5.41) is 15.0. The standard InChI is InChI=1S/C24H21N3O4/c1-16(24(28)27-20-7-2-4-17(10-20)13-25)26-19-6-3-5-18(11-19)14-29-21-8-9-22-23(12-21)31-15-30-22/h2-12,16,26H,14-15H2,1H3,(H,27,28). The Kier molecular flexibility index (Phi) is 5.90. The second-order valence-corrected chi connectivity index (χ2v) is 7.05. The van der Waals surface area contributed by atoms with Crippen molar-refractivity contribution in [3.8, 4) is 23.3 Å². The molecule has 0 spiro atoms. The number of fused-ring (bicyclic) bond motifs is 1. The van der Waals surface area contributed by atoms with E-state index in [-0.39, 0.29) is 12.7 Å². The maximum atomic E-state index is 12.5. The molecule has 7 heteroatoms. The van der Waals surface area contributed by atoms with Crippen LogP contribution in [0.1, 0.15) is 18.1 Å². The third kappa shape index (κ3) is 5.06. The minimum atomic E-state index is -0.476. The number of nitrogens with zero attached hydrogens (tertiary/aromatic N) is 1. The molecular weight excluding hydrogens is 394 g/mol. The molecule has 2 N–H and O–H groups in total. The van der Waals surface area contributed by atoms with E-state index in [2.05, 4.69) is 16.7 Å². The molecule has 0 bridgehead atoms. The van der Waals surface area contributed by atoms with Crippen molar-refractivity contribution in [2.45, 2.75) is 19.6 Å². The van der Waals surface area contributed by atoms with Gasteiger partial charge in [0.2, 0.25) is 12.7 Å². The zero-order valence-electron chi connectivity index (χ0n) is 16.9. The molecule has 0 saturated carbocycles. The van der Waals surface area contributed by atoms with Gasteiger partial charge < -0.3 is 24.8 Å². The van der Waals surface area contributed by atoms with Crippen molar-refractivity contribution in [2.24, 2.45) is 0 Å². The Labute approximate surface area is 180 Å². The van der Waals surface area contributed by atoms with Crippen molar-refractivity contribution in [1.82, 2.24) is 0 Å². The van der Waals surface area contributed by atoms with E-state index in [4.69, 9.17) is 19.5 Å². The van der Waals surface area contributed by atoms with E-state index in [0.29, 0.717) is 35.1 Å². The lowest BCUT2D eigenvalue weighted by atomic mass is 10.2. The summed E-state index contributed by atoms with van der Waals surface area (Å²) in [6.45, 7) is 2.37. The van der Waals surface area contributed by atoms with E-state index in [1.54, 1.807) is 37.3 Å². The maximum Gasteiger partial charge on any atom is 0.246 e. The fourth-order valence-corrected chi connectivity index (χ4v) is 3.12. The van der Waals surface area contributed by atoms with E-state index in [1.165, 1.54) is 0 Å². The van der Waals surface area contributed by atoms with Crippen molar-refractivity contribution >= 4 is 17.3 Å². The van der Waals surface area contributed by atoms with Gasteiger partial charge in [-0.2, -0.15) is 5.26 Å². The first-order valence-corrected chi connectivity index (χ1v) is 9.80.